The molecule has 0 aromatic carbocycles. The summed E-state index contributed by atoms with van der Waals surface area (Å²) < 4.78 is 0. The van der Waals surface area contributed by atoms with Crippen LogP contribution in [-0.2, 0) is 75.9 Å². The van der Waals surface area contributed by atoms with Crippen molar-refractivity contribution in [1.82, 2.24) is 21.3 Å². The Morgan fingerprint density at radius 1 is 0.587 bits per heavy atom. The molecule has 4 aliphatic rings. The zero-order valence-corrected chi connectivity index (χ0v) is 28.9. The van der Waals surface area contributed by atoms with Gasteiger partial charge in [0.1, 0.15) is 0 Å². The van der Waals surface area contributed by atoms with E-state index in [9.17, 15) is 19.2 Å². The standard InChI is InChI=1S/C14H24N4O2.C14H20N4O2.3Cu.2H2N.H2O/c2*19-13(11-1-5-15-6-2-11)17-9-10-18-14(20)12-3-7-16-8-4-12;;;;;;/h11-12H,1-10H2,(H,17,19)(H,18,20);1-2,5,12H,3-4,6-10H2,(H,17,19)(H,18,20);;;;3*1H2/q2*-2;3*+2;2*-1;/p+1. The molecule has 0 aromatic rings. The van der Waals surface area contributed by atoms with Gasteiger partial charge in [0.2, 0.25) is 17.7 Å². The second-order valence-electron chi connectivity index (χ2n) is 10.3. The van der Waals surface area contributed by atoms with Gasteiger partial charge >= 0.3 is 51.2 Å². The Kier molecular flexibility index (Phi) is 34.3. The van der Waals surface area contributed by atoms with Crippen LogP contribution < -0.4 is 21.3 Å². The van der Waals surface area contributed by atoms with Crippen LogP contribution in [0, 0.1) is 17.8 Å². The van der Waals surface area contributed by atoms with E-state index >= 15 is 0 Å². The summed E-state index contributed by atoms with van der Waals surface area (Å²) in [5, 5.41) is 28.1. The van der Waals surface area contributed by atoms with Gasteiger partial charge in [-0.25, -0.2) is 0 Å². The Bertz CT molecular complexity index is 867. The summed E-state index contributed by atoms with van der Waals surface area (Å²) in [6.07, 6.45) is 10.2. The third kappa shape index (κ3) is 20.0. The number of nitrogens with two attached hydrogens (primary N) is 2. The number of nitrogens with zero attached hydrogens (tertiary/aromatic N) is 4. The molecule has 275 valence electrons. The van der Waals surface area contributed by atoms with E-state index in [1.807, 2.05) is 0 Å². The zero-order chi connectivity index (χ0) is 28.4. The van der Waals surface area contributed by atoms with Crippen LogP contribution in [0.1, 0.15) is 38.5 Å². The van der Waals surface area contributed by atoms with Gasteiger partial charge in [0, 0.05) is 49.5 Å². The van der Waals surface area contributed by atoms with Gasteiger partial charge in [-0.05, 0) is 0 Å². The predicted octanol–water partition coefficient (Wildman–Crippen LogP) is 2.12. The number of nitrogens with one attached hydrogen (secondary N) is 4. The molecule has 46 heavy (non-hydrogen) atoms. The van der Waals surface area contributed by atoms with Crippen molar-refractivity contribution in [1.29, 1.82) is 0 Å². The third-order valence-corrected chi connectivity index (χ3v) is 7.40. The minimum atomic E-state index is -0.123. The van der Waals surface area contributed by atoms with Crippen LogP contribution >= 0.6 is 0 Å². The molecular weight excluding hydrogens is 747 g/mol. The van der Waals surface area contributed by atoms with Crippen molar-refractivity contribution in [3.8, 4) is 0 Å². The van der Waals surface area contributed by atoms with E-state index in [0.29, 0.717) is 38.3 Å². The van der Waals surface area contributed by atoms with Crippen molar-refractivity contribution in [2.24, 2.45) is 17.8 Å². The van der Waals surface area contributed by atoms with Crippen molar-refractivity contribution in [3.05, 3.63) is 57.5 Å². The van der Waals surface area contributed by atoms with E-state index in [1.165, 1.54) is 0 Å². The van der Waals surface area contributed by atoms with Crippen molar-refractivity contribution >= 4 is 23.6 Å². The van der Waals surface area contributed by atoms with Gasteiger partial charge in [0.15, 0.2) is 0 Å². The molecule has 0 atom stereocenters. The van der Waals surface area contributed by atoms with Gasteiger partial charge in [-0.15, -0.1) is 45.8 Å². The average Bonchev–Trinajstić information content (AvgIpc) is 3.03. The molecule has 4 amide bonds. The molecule has 4 heterocycles. The summed E-state index contributed by atoms with van der Waals surface area (Å²) in [4.78, 5) is 47.3. The third-order valence-electron chi connectivity index (χ3n) is 7.40. The summed E-state index contributed by atoms with van der Waals surface area (Å²) in [5.74, 6) is 0.433. The Labute approximate surface area is 305 Å². The van der Waals surface area contributed by atoms with E-state index < -0.39 is 0 Å². The Morgan fingerprint density at radius 2 is 0.913 bits per heavy atom. The second kappa shape index (κ2) is 30.8. The van der Waals surface area contributed by atoms with Crippen LogP contribution in [0.3, 0.4) is 0 Å². The molecule has 0 aliphatic carbocycles. The van der Waals surface area contributed by atoms with E-state index in [2.05, 4.69) is 42.5 Å². The number of hydrogen-bond donors (Lipinski definition) is 4. The molecule has 0 saturated carbocycles. The summed E-state index contributed by atoms with van der Waals surface area (Å²) in [6.45, 7) is 7.18. The van der Waals surface area contributed by atoms with Gasteiger partial charge < -0.3 is 60.3 Å². The Balaban J connectivity index is -0.000000339. The maximum Gasteiger partial charge on any atom is 2.00 e. The molecule has 0 bridgehead atoms. The summed E-state index contributed by atoms with van der Waals surface area (Å²) in [7, 11) is 0. The SMILES string of the molecule is O=C(NCCNC(=O)C1CC[N-]CC1)C1=CC[N-]C=C1.O=C(NCCNC(=O)C1CC[N-]CC1)C1CC[N-]CC1.[Cu+2].[Cu+2].[Cu+2].[NH2-].[NH2-].[OH3+]. The first-order valence-electron chi connectivity index (χ1n) is 14.6. The molecule has 11 N–H and O–H groups in total. The number of rotatable bonds is 10. The quantitative estimate of drug-likeness (QED) is 0.147. The van der Waals surface area contributed by atoms with Gasteiger partial charge in [0.25, 0.3) is 5.91 Å². The molecule has 0 spiro atoms. The molecule has 0 unspecified atom stereocenters. The van der Waals surface area contributed by atoms with E-state index in [1.54, 1.807) is 18.4 Å². The van der Waals surface area contributed by atoms with Crippen LogP contribution in [0.15, 0.2) is 23.9 Å². The average molecular weight is 798 g/mol. The fourth-order valence-corrected chi connectivity index (χ4v) is 4.89. The van der Waals surface area contributed by atoms with Crippen molar-refractivity contribution < 1.29 is 75.9 Å². The van der Waals surface area contributed by atoms with Crippen LogP contribution in [-0.4, -0.2) is 95.6 Å². The molecule has 0 aromatic heterocycles. The fourth-order valence-electron chi connectivity index (χ4n) is 4.89. The number of hydrogen-bond acceptors (Lipinski definition) is 4. The first-order chi connectivity index (χ1) is 19.5. The maximum absolute atomic E-state index is 11.9. The monoisotopic (exact) mass is 796 g/mol. The topological polar surface area (TPSA) is 273 Å². The van der Waals surface area contributed by atoms with Gasteiger partial charge in [-0.2, -0.15) is 6.20 Å². The van der Waals surface area contributed by atoms with Crippen molar-refractivity contribution in [2.45, 2.75) is 38.5 Å². The summed E-state index contributed by atoms with van der Waals surface area (Å²) in [6, 6.07) is 0. The molecule has 3 saturated heterocycles. The van der Waals surface area contributed by atoms with Gasteiger partial charge in [0.05, 0.1) is 0 Å². The van der Waals surface area contributed by atoms with E-state index in [0.717, 1.165) is 77.8 Å². The van der Waals surface area contributed by atoms with Crippen LogP contribution in [0.2, 0.25) is 0 Å². The number of carbonyl (C=O) groups is 4. The second-order valence-corrected chi connectivity index (χ2v) is 10.3. The molecule has 18 heteroatoms. The van der Waals surface area contributed by atoms with Crippen LogP contribution in [0.4, 0.5) is 0 Å². The van der Waals surface area contributed by atoms with Crippen molar-refractivity contribution in [2.75, 3.05) is 72.0 Å². The number of carbonyl (C=O) groups excluding carboxylic acids is 4. The molecular formula is C28H51Cu3N10O5+. The van der Waals surface area contributed by atoms with Crippen LogP contribution in [0.5, 0.6) is 0 Å². The van der Waals surface area contributed by atoms with Gasteiger partial charge in [-0.1, -0.05) is 50.7 Å². The van der Waals surface area contributed by atoms with E-state index in [4.69, 9.17) is 0 Å². The first-order valence-corrected chi connectivity index (χ1v) is 14.6. The smallest absolute Gasteiger partial charge is 0.693 e. The number of amides is 4. The molecule has 4 rings (SSSR count). The predicted molar refractivity (Wildman–Crippen MR) is 170 cm³/mol. The Morgan fingerprint density at radius 3 is 1.22 bits per heavy atom. The molecule has 15 nitrogen and oxygen atoms in total. The largest absolute Gasteiger partial charge is 2.00 e. The molecule has 3 radical (unpaired) electrons. The summed E-state index contributed by atoms with van der Waals surface area (Å²) in [5.41, 5.74) is 0.625. The molecule has 3 fully saturated rings. The van der Waals surface area contributed by atoms with Gasteiger partial charge in [-0.3, -0.25) is 19.2 Å². The minimum absolute atomic E-state index is 0. The molecule has 4 aliphatic heterocycles. The minimum Gasteiger partial charge on any atom is -0.693 e. The maximum atomic E-state index is 11.9. The van der Waals surface area contributed by atoms with E-state index in [-0.39, 0.29) is 110 Å². The first kappa shape index (κ1) is 51.3. The fraction of sp³-hybridized carbons (Fsp3) is 0.714. The Hall–Kier alpha value is -1.52. The normalized spacial score (nSPS) is 17.5. The zero-order valence-electron chi connectivity index (χ0n) is 26.0. The number of piperidine rings is 3. The van der Waals surface area contributed by atoms with Crippen LogP contribution in [0.25, 0.3) is 33.6 Å². The summed E-state index contributed by atoms with van der Waals surface area (Å²) >= 11 is 0. The van der Waals surface area contributed by atoms with Crippen molar-refractivity contribution in [3.63, 3.8) is 0 Å².